The lowest BCUT2D eigenvalue weighted by Gasteiger charge is -2.09. The fourth-order valence-electron chi connectivity index (χ4n) is 2.39. The fraction of sp³-hybridized carbons (Fsp3) is 0.412. The van der Waals surface area contributed by atoms with Crippen LogP contribution in [0.3, 0.4) is 0 Å². The molecule has 0 aliphatic carbocycles. The number of hydrogen-bond donors (Lipinski definition) is 2. The average molecular weight is 331 g/mol. The Morgan fingerprint density at radius 2 is 2.00 bits per heavy atom. The van der Waals surface area contributed by atoms with Crippen molar-refractivity contribution in [2.45, 2.75) is 45.2 Å². The lowest BCUT2D eigenvalue weighted by Crippen LogP contribution is -2.38. The normalized spacial score (nSPS) is 12.0. The van der Waals surface area contributed by atoms with Crippen LogP contribution in [0.1, 0.15) is 32.6 Å². The third-order valence-corrected chi connectivity index (χ3v) is 3.78. The minimum absolute atomic E-state index is 0.0615. The molecule has 0 fully saturated rings. The van der Waals surface area contributed by atoms with E-state index < -0.39 is 12.0 Å². The number of aryl methyl sites for hydroxylation is 1. The summed E-state index contributed by atoms with van der Waals surface area (Å²) in [5, 5.41) is 11.7. The standard InChI is InChI=1S/C17H21N3O4/c1-12(17(23)24)19-15(21)9-3-2-6-10-20-11-18-14-8-5-4-7-13(14)16(20)22/h4-5,7-8,11-12H,2-3,6,9-10H2,1H3,(H,19,21)(H,23,24)/t12-/m0/s1. The van der Waals surface area contributed by atoms with E-state index >= 15 is 0 Å². The van der Waals surface area contributed by atoms with Crippen LogP contribution in [0, 0.1) is 0 Å². The summed E-state index contributed by atoms with van der Waals surface area (Å²) < 4.78 is 1.58. The minimum atomic E-state index is -1.05. The first-order valence-corrected chi connectivity index (χ1v) is 7.95. The largest absolute Gasteiger partial charge is 0.480 e. The van der Waals surface area contributed by atoms with Crippen molar-refractivity contribution in [3.8, 4) is 0 Å². The van der Waals surface area contributed by atoms with E-state index in [1.165, 1.54) is 6.92 Å². The van der Waals surface area contributed by atoms with Crippen molar-refractivity contribution < 1.29 is 14.7 Å². The molecule has 1 aromatic heterocycles. The molecule has 0 bridgehead atoms. The molecule has 1 atom stereocenters. The van der Waals surface area contributed by atoms with Gasteiger partial charge in [-0.15, -0.1) is 0 Å². The Morgan fingerprint density at radius 1 is 1.25 bits per heavy atom. The van der Waals surface area contributed by atoms with Crippen molar-refractivity contribution in [1.82, 2.24) is 14.9 Å². The Balaban J connectivity index is 1.77. The third-order valence-electron chi connectivity index (χ3n) is 3.78. The number of carboxylic acids is 1. The van der Waals surface area contributed by atoms with Crippen molar-refractivity contribution in [1.29, 1.82) is 0 Å². The van der Waals surface area contributed by atoms with E-state index in [0.717, 1.165) is 12.8 Å². The Kier molecular flexibility index (Phi) is 6.06. The number of amides is 1. The molecular weight excluding hydrogens is 310 g/mol. The maximum absolute atomic E-state index is 12.3. The first-order chi connectivity index (χ1) is 11.5. The molecule has 0 spiro atoms. The summed E-state index contributed by atoms with van der Waals surface area (Å²) >= 11 is 0. The molecule has 1 amide bonds. The number of carbonyl (C=O) groups is 2. The second kappa shape index (κ2) is 8.24. The zero-order chi connectivity index (χ0) is 17.5. The maximum Gasteiger partial charge on any atom is 0.325 e. The van der Waals surface area contributed by atoms with Gasteiger partial charge in [-0.1, -0.05) is 18.6 Å². The summed E-state index contributed by atoms with van der Waals surface area (Å²) in [6, 6.07) is 6.34. The molecule has 0 aliphatic heterocycles. The van der Waals surface area contributed by atoms with Crippen molar-refractivity contribution in [2.24, 2.45) is 0 Å². The summed E-state index contributed by atoms with van der Waals surface area (Å²) in [6.45, 7) is 1.98. The molecule has 24 heavy (non-hydrogen) atoms. The molecule has 7 nitrogen and oxygen atoms in total. The van der Waals surface area contributed by atoms with Gasteiger partial charge in [0, 0.05) is 13.0 Å². The van der Waals surface area contributed by atoms with E-state index in [0.29, 0.717) is 23.9 Å². The number of aliphatic carboxylic acids is 1. The number of carbonyl (C=O) groups excluding carboxylic acids is 1. The SMILES string of the molecule is C[C@H](NC(=O)CCCCCn1cnc2ccccc2c1=O)C(=O)O. The number of fused-ring (bicyclic) bond motifs is 1. The summed E-state index contributed by atoms with van der Waals surface area (Å²) in [5.74, 6) is -1.32. The van der Waals surface area contributed by atoms with Crippen LogP contribution < -0.4 is 10.9 Å². The molecule has 1 aromatic carbocycles. The van der Waals surface area contributed by atoms with E-state index in [-0.39, 0.29) is 17.9 Å². The van der Waals surface area contributed by atoms with Gasteiger partial charge in [-0.05, 0) is 31.9 Å². The van der Waals surface area contributed by atoms with E-state index in [1.807, 2.05) is 12.1 Å². The Bertz CT molecular complexity index is 785. The van der Waals surface area contributed by atoms with Gasteiger partial charge < -0.3 is 10.4 Å². The number of carboxylic acid groups (broad SMARTS) is 1. The first kappa shape index (κ1) is 17.7. The number of rotatable bonds is 8. The number of unbranched alkanes of at least 4 members (excludes halogenated alkanes) is 2. The van der Waals surface area contributed by atoms with Gasteiger partial charge in [0.05, 0.1) is 17.2 Å². The summed E-state index contributed by atoms with van der Waals surface area (Å²) in [5.41, 5.74) is 0.622. The molecule has 1 heterocycles. The van der Waals surface area contributed by atoms with Gasteiger partial charge >= 0.3 is 5.97 Å². The van der Waals surface area contributed by atoms with E-state index in [4.69, 9.17) is 5.11 Å². The maximum atomic E-state index is 12.3. The lowest BCUT2D eigenvalue weighted by molar-refractivity contribution is -0.141. The van der Waals surface area contributed by atoms with Crippen LogP contribution in [0.15, 0.2) is 35.4 Å². The van der Waals surface area contributed by atoms with Crippen molar-refractivity contribution in [2.75, 3.05) is 0 Å². The highest BCUT2D eigenvalue weighted by atomic mass is 16.4. The molecule has 0 radical (unpaired) electrons. The quantitative estimate of drug-likeness (QED) is 0.715. The second-order valence-electron chi connectivity index (χ2n) is 5.70. The smallest absolute Gasteiger partial charge is 0.325 e. The second-order valence-corrected chi connectivity index (χ2v) is 5.70. The summed E-state index contributed by atoms with van der Waals surface area (Å²) in [7, 11) is 0. The van der Waals surface area contributed by atoms with Gasteiger partial charge in [0.25, 0.3) is 5.56 Å². The van der Waals surface area contributed by atoms with Gasteiger partial charge in [0.1, 0.15) is 6.04 Å². The van der Waals surface area contributed by atoms with Crippen molar-refractivity contribution >= 4 is 22.8 Å². The Hall–Kier alpha value is -2.70. The van der Waals surface area contributed by atoms with Gasteiger partial charge in [-0.3, -0.25) is 19.0 Å². The fourth-order valence-corrected chi connectivity index (χ4v) is 2.39. The first-order valence-electron chi connectivity index (χ1n) is 7.95. The summed E-state index contributed by atoms with van der Waals surface area (Å²) in [4.78, 5) is 38.7. The highest BCUT2D eigenvalue weighted by Gasteiger charge is 2.13. The van der Waals surface area contributed by atoms with E-state index in [2.05, 4.69) is 10.3 Å². The molecule has 2 N–H and O–H groups in total. The van der Waals surface area contributed by atoms with Crippen LogP contribution >= 0.6 is 0 Å². The molecule has 128 valence electrons. The van der Waals surface area contributed by atoms with Crippen molar-refractivity contribution in [3.63, 3.8) is 0 Å². The van der Waals surface area contributed by atoms with Gasteiger partial charge in [0.2, 0.25) is 5.91 Å². The molecule has 0 aliphatic rings. The molecular formula is C17H21N3O4. The van der Waals surface area contributed by atoms with Crippen LogP contribution in [-0.2, 0) is 16.1 Å². The predicted molar refractivity (Wildman–Crippen MR) is 89.7 cm³/mol. The number of nitrogens with one attached hydrogen (secondary N) is 1. The van der Waals surface area contributed by atoms with Crippen LogP contribution in [0.4, 0.5) is 0 Å². The molecule has 2 aromatic rings. The number of nitrogens with zero attached hydrogens (tertiary/aromatic N) is 2. The number of hydrogen-bond acceptors (Lipinski definition) is 4. The zero-order valence-corrected chi connectivity index (χ0v) is 13.6. The van der Waals surface area contributed by atoms with Crippen molar-refractivity contribution in [3.05, 3.63) is 40.9 Å². The average Bonchev–Trinajstić information content (AvgIpc) is 2.56. The predicted octanol–water partition coefficient (Wildman–Crippen LogP) is 1.55. The lowest BCUT2D eigenvalue weighted by atomic mass is 10.1. The van der Waals surface area contributed by atoms with E-state index in [9.17, 15) is 14.4 Å². The van der Waals surface area contributed by atoms with Gasteiger partial charge in [-0.25, -0.2) is 4.98 Å². The number of aromatic nitrogens is 2. The number of para-hydroxylation sites is 1. The Labute approximate surface area is 139 Å². The highest BCUT2D eigenvalue weighted by molar-refractivity contribution is 5.83. The van der Waals surface area contributed by atoms with Gasteiger partial charge in [0.15, 0.2) is 0 Å². The monoisotopic (exact) mass is 331 g/mol. The summed E-state index contributed by atoms with van der Waals surface area (Å²) in [6.07, 6.45) is 4.00. The highest BCUT2D eigenvalue weighted by Crippen LogP contribution is 2.06. The van der Waals surface area contributed by atoms with Crippen LogP contribution in [0.5, 0.6) is 0 Å². The third kappa shape index (κ3) is 4.65. The Morgan fingerprint density at radius 3 is 2.75 bits per heavy atom. The molecule has 0 saturated heterocycles. The minimum Gasteiger partial charge on any atom is -0.480 e. The topological polar surface area (TPSA) is 101 Å². The molecule has 0 saturated carbocycles. The van der Waals surface area contributed by atoms with Crippen LogP contribution in [0.25, 0.3) is 10.9 Å². The zero-order valence-electron chi connectivity index (χ0n) is 13.6. The van der Waals surface area contributed by atoms with E-state index in [1.54, 1.807) is 23.0 Å². The van der Waals surface area contributed by atoms with Gasteiger partial charge in [-0.2, -0.15) is 0 Å². The van der Waals surface area contributed by atoms with Crippen LogP contribution in [-0.4, -0.2) is 32.6 Å². The molecule has 2 rings (SSSR count). The molecule has 7 heteroatoms. The molecule has 0 unspecified atom stereocenters. The van der Waals surface area contributed by atoms with Crippen LogP contribution in [0.2, 0.25) is 0 Å². The number of benzene rings is 1.